The van der Waals surface area contributed by atoms with E-state index in [2.05, 4.69) is 4.98 Å². The SMILES string of the molecule is Cc1ccc(-n2cc(C(=O)O)c(=O)cc2C)c(C)n1. The molecule has 2 aromatic rings. The Bertz CT molecular complexity index is 717. The first-order chi connectivity index (χ1) is 8.90. The second-order valence-electron chi connectivity index (χ2n) is 4.43. The molecule has 0 aliphatic rings. The molecule has 0 atom stereocenters. The van der Waals surface area contributed by atoms with Crippen LogP contribution < -0.4 is 5.43 Å². The van der Waals surface area contributed by atoms with Gasteiger partial charge in [-0.2, -0.15) is 0 Å². The largest absolute Gasteiger partial charge is 0.477 e. The Kier molecular flexibility index (Phi) is 3.21. The Balaban J connectivity index is 2.71. The van der Waals surface area contributed by atoms with Gasteiger partial charge in [-0.25, -0.2) is 4.79 Å². The summed E-state index contributed by atoms with van der Waals surface area (Å²) in [5.74, 6) is -1.23. The smallest absolute Gasteiger partial charge is 0.341 e. The van der Waals surface area contributed by atoms with Gasteiger partial charge >= 0.3 is 5.97 Å². The molecule has 0 spiro atoms. The van der Waals surface area contributed by atoms with Gasteiger partial charge in [0.1, 0.15) is 5.56 Å². The summed E-state index contributed by atoms with van der Waals surface area (Å²) >= 11 is 0. The number of carboxylic acid groups (broad SMARTS) is 1. The second-order valence-corrected chi connectivity index (χ2v) is 4.43. The molecule has 2 heterocycles. The number of hydrogen-bond acceptors (Lipinski definition) is 3. The topological polar surface area (TPSA) is 72.2 Å². The van der Waals surface area contributed by atoms with Crippen molar-refractivity contribution in [3.8, 4) is 5.69 Å². The quantitative estimate of drug-likeness (QED) is 0.892. The van der Waals surface area contributed by atoms with E-state index in [4.69, 9.17) is 5.11 Å². The van der Waals surface area contributed by atoms with Crippen LogP contribution in [-0.4, -0.2) is 20.6 Å². The van der Waals surface area contributed by atoms with Gasteiger partial charge in [-0.05, 0) is 32.9 Å². The molecule has 1 N–H and O–H groups in total. The Morgan fingerprint density at radius 3 is 2.53 bits per heavy atom. The van der Waals surface area contributed by atoms with Crippen LogP contribution in [0, 0.1) is 20.8 Å². The van der Waals surface area contributed by atoms with Crippen molar-refractivity contribution >= 4 is 5.97 Å². The third-order valence-corrected chi connectivity index (χ3v) is 2.93. The maximum Gasteiger partial charge on any atom is 0.341 e. The second kappa shape index (κ2) is 4.68. The highest BCUT2D eigenvalue weighted by molar-refractivity contribution is 5.87. The molecule has 0 aliphatic carbocycles. The van der Waals surface area contributed by atoms with Gasteiger partial charge in [-0.15, -0.1) is 0 Å². The Morgan fingerprint density at radius 1 is 1.26 bits per heavy atom. The molecule has 2 aromatic heterocycles. The van der Waals surface area contributed by atoms with Crippen LogP contribution in [0.25, 0.3) is 5.69 Å². The van der Waals surface area contributed by atoms with E-state index in [1.165, 1.54) is 12.3 Å². The van der Waals surface area contributed by atoms with Gasteiger partial charge in [0.15, 0.2) is 5.43 Å². The maximum absolute atomic E-state index is 11.6. The molecule has 0 saturated heterocycles. The van der Waals surface area contributed by atoms with Crippen molar-refractivity contribution in [3.63, 3.8) is 0 Å². The summed E-state index contributed by atoms with van der Waals surface area (Å²) in [5, 5.41) is 9.01. The number of aromatic carboxylic acids is 1. The van der Waals surface area contributed by atoms with Gasteiger partial charge in [0.2, 0.25) is 0 Å². The molecule has 0 aliphatic heterocycles. The van der Waals surface area contributed by atoms with E-state index in [0.717, 1.165) is 17.1 Å². The monoisotopic (exact) mass is 258 g/mol. The normalized spacial score (nSPS) is 10.5. The van der Waals surface area contributed by atoms with Crippen molar-refractivity contribution in [2.24, 2.45) is 0 Å². The van der Waals surface area contributed by atoms with Gasteiger partial charge in [-0.3, -0.25) is 9.78 Å². The molecule has 0 radical (unpaired) electrons. The van der Waals surface area contributed by atoms with E-state index < -0.39 is 11.4 Å². The van der Waals surface area contributed by atoms with Crippen LogP contribution in [0.5, 0.6) is 0 Å². The molecular weight excluding hydrogens is 244 g/mol. The lowest BCUT2D eigenvalue weighted by molar-refractivity contribution is 0.0694. The van der Waals surface area contributed by atoms with Crippen molar-refractivity contribution in [2.75, 3.05) is 0 Å². The van der Waals surface area contributed by atoms with Crippen LogP contribution in [0.1, 0.15) is 27.4 Å². The van der Waals surface area contributed by atoms with Crippen molar-refractivity contribution in [3.05, 3.63) is 57.3 Å². The molecule has 19 heavy (non-hydrogen) atoms. The van der Waals surface area contributed by atoms with E-state index in [1.54, 1.807) is 11.5 Å². The van der Waals surface area contributed by atoms with Gasteiger partial charge in [-0.1, -0.05) is 0 Å². The first kappa shape index (κ1) is 13.0. The number of aryl methyl sites for hydroxylation is 3. The Morgan fingerprint density at radius 2 is 1.95 bits per heavy atom. The lowest BCUT2D eigenvalue weighted by atomic mass is 10.2. The van der Waals surface area contributed by atoms with Gasteiger partial charge in [0.25, 0.3) is 0 Å². The third-order valence-electron chi connectivity index (χ3n) is 2.93. The van der Waals surface area contributed by atoms with Crippen LogP contribution in [0.4, 0.5) is 0 Å². The number of hydrogen-bond donors (Lipinski definition) is 1. The maximum atomic E-state index is 11.6. The number of nitrogens with zero attached hydrogens (tertiary/aromatic N) is 2. The lowest BCUT2D eigenvalue weighted by Gasteiger charge is -2.13. The molecule has 98 valence electrons. The summed E-state index contributed by atoms with van der Waals surface area (Å²) in [6, 6.07) is 5.03. The molecule has 0 fully saturated rings. The van der Waals surface area contributed by atoms with E-state index in [1.807, 2.05) is 26.0 Å². The molecule has 2 rings (SSSR count). The summed E-state index contributed by atoms with van der Waals surface area (Å²) < 4.78 is 1.67. The minimum absolute atomic E-state index is 0.245. The molecule has 0 amide bonds. The van der Waals surface area contributed by atoms with Crippen LogP contribution in [0.15, 0.2) is 29.2 Å². The number of rotatable bonds is 2. The van der Waals surface area contributed by atoms with Crippen LogP contribution in [0.3, 0.4) is 0 Å². The Hall–Kier alpha value is -2.43. The first-order valence-corrected chi connectivity index (χ1v) is 5.81. The number of pyridine rings is 2. The Labute approximate surface area is 110 Å². The minimum Gasteiger partial charge on any atom is -0.477 e. The molecule has 0 unspecified atom stereocenters. The fourth-order valence-corrected chi connectivity index (χ4v) is 1.99. The highest BCUT2D eigenvalue weighted by atomic mass is 16.4. The number of carboxylic acids is 1. The number of carbonyl (C=O) groups is 1. The van der Waals surface area contributed by atoms with E-state index in [0.29, 0.717) is 5.69 Å². The lowest BCUT2D eigenvalue weighted by Crippen LogP contribution is -2.18. The summed E-state index contributed by atoms with van der Waals surface area (Å²) in [6.07, 6.45) is 1.35. The minimum atomic E-state index is -1.23. The molecule has 5 heteroatoms. The van der Waals surface area contributed by atoms with Gasteiger partial charge < -0.3 is 9.67 Å². The van der Waals surface area contributed by atoms with Crippen LogP contribution in [-0.2, 0) is 0 Å². The van der Waals surface area contributed by atoms with Crippen LogP contribution >= 0.6 is 0 Å². The van der Waals surface area contributed by atoms with Crippen molar-refractivity contribution in [1.82, 2.24) is 9.55 Å². The zero-order valence-electron chi connectivity index (χ0n) is 11.0. The summed E-state index contributed by atoms with van der Waals surface area (Å²) in [4.78, 5) is 27.0. The van der Waals surface area contributed by atoms with Crippen molar-refractivity contribution in [1.29, 1.82) is 0 Å². The summed E-state index contributed by atoms with van der Waals surface area (Å²) in [7, 11) is 0. The predicted octanol–water partition coefficient (Wildman–Crippen LogP) is 1.86. The zero-order chi connectivity index (χ0) is 14.2. The standard InChI is InChI=1S/C14H14N2O3/c1-8-4-5-12(10(3)15-8)16-7-11(14(18)19)13(17)6-9(16)2/h4-7H,1-3H3,(H,18,19). The van der Waals surface area contributed by atoms with E-state index in [-0.39, 0.29) is 5.56 Å². The average molecular weight is 258 g/mol. The van der Waals surface area contributed by atoms with Crippen molar-refractivity contribution < 1.29 is 9.90 Å². The molecule has 0 bridgehead atoms. The van der Waals surface area contributed by atoms with Crippen molar-refractivity contribution in [2.45, 2.75) is 20.8 Å². The molecule has 0 saturated carbocycles. The third kappa shape index (κ3) is 2.40. The fraction of sp³-hybridized carbons (Fsp3) is 0.214. The highest BCUT2D eigenvalue weighted by Gasteiger charge is 2.12. The van der Waals surface area contributed by atoms with E-state index >= 15 is 0 Å². The summed E-state index contributed by atoms with van der Waals surface area (Å²) in [6.45, 7) is 5.49. The molecular formula is C14H14N2O3. The van der Waals surface area contributed by atoms with Gasteiger partial charge in [0, 0.05) is 23.7 Å². The van der Waals surface area contributed by atoms with Crippen LogP contribution in [0.2, 0.25) is 0 Å². The number of aromatic nitrogens is 2. The molecule has 0 aromatic carbocycles. The predicted molar refractivity (Wildman–Crippen MR) is 71.0 cm³/mol. The summed E-state index contributed by atoms with van der Waals surface area (Å²) in [5.41, 5.74) is 2.38. The highest BCUT2D eigenvalue weighted by Crippen LogP contribution is 2.15. The zero-order valence-corrected chi connectivity index (χ0v) is 11.0. The average Bonchev–Trinajstić information content (AvgIpc) is 2.30. The molecule has 5 nitrogen and oxygen atoms in total. The van der Waals surface area contributed by atoms with Gasteiger partial charge in [0.05, 0.1) is 11.4 Å². The van der Waals surface area contributed by atoms with E-state index in [9.17, 15) is 9.59 Å². The first-order valence-electron chi connectivity index (χ1n) is 5.81. The fourth-order valence-electron chi connectivity index (χ4n) is 1.99.